The van der Waals surface area contributed by atoms with E-state index in [0.29, 0.717) is 11.8 Å². The van der Waals surface area contributed by atoms with Crippen LogP contribution in [0.3, 0.4) is 0 Å². The second kappa shape index (κ2) is 7.33. The molecule has 0 fully saturated rings. The smallest absolute Gasteiger partial charge is 0.0375 e. The molecule has 2 heteroatoms. The van der Waals surface area contributed by atoms with Crippen molar-refractivity contribution in [3.05, 3.63) is 29.8 Å². The largest absolute Gasteiger partial charge is 0.384 e. The average molecular weight is 234 g/mol. The Labute approximate surface area is 106 Å². The lowest BCUT2D eigenvalue weighted by Gasteiger charge is -2.19. The summed E-state index contributed by atoms with van der Waals surface area (Å²) in [5.74, 6) is 1.27. The zero-order valence-electron chi connectivity index (χ0n) is 11.6. The van der Waals surface area contributed by atoms with E-state index in [-0.39, 0.29) is 0 Å². The SMILES string of the molecule is CCC(CNC)CNc1ccccc1C(C)C. The fourth-order valence-electron chi connectivity index (χ4n) is 2.07. The molecule has 0 aliphatic heterocycles. The zero-order chi connectivity index (χ0) is 12.7. The molecular weight excluding hydrogens is 208 g/mol. The minimum absolute atomic E-state index is 0.572. The Bertz CT molecular complexity index is 320. The molecule has 0 aliphatic rings. The minimum Gasteiger partial charge on any atom is -0.384 e. The lowest BCUT2D eigenvalue weighted by molar-refractivity contribution is 0.506. The van der Waals surface area contributed by atoms with Crippen molar-refractivity contribution in [2.75, 3.05) is 25.5 Å². The molecule has 2 nitrogen and oxygen atoms in total. The molecule has 2 N–H and O–H groups in total. The minimum atomic E-state index is 0.572. The van der Waals surface area contributed by atoms with Gasteiger partial charge in [0.15, 0.2) is 0 Å². The van der Waals surface area contributed by atoms with Crippen molar-refractivity contribution < 1.29 is 0 Å². The first-order valence-electron chi connectivity index (χ1n) is 6.66. The molecule has 0 saturated heterocycles. The van der Waals surface area contributed by atoms with Gasteiger partial charge < -0.3 is 10.6 Å². The van der Waals surface area contributed by atoms with Gasteiger partial charge in [-0.05, 0) is 37.1 Å². The van der Waals surface area contributed by atoms with Crippen LogP contribution in [0.25, 0.3) is 0 Å². The van der Waals surface area contributed by atoms with Crippen molar-refractivity contribution in [2.45, 2.75) is 33.1 Å². The first kappa shape index (κ1) is 14.0. The Morgan fingerprint density at radius 1 is 1.12 bits per heavy atom. The molecule has 1 aromatic rings. The first-order valence-corrected chi connectivity index (χ1v) is 6.66. The normalized spacial score (nSPS) is 12.8. The summed E-state index contributed by atoms with van der Waals surface area (Å²) in [5, 5.41) is 6.84. The monoisotopic (exact) mass is 234 g/mol. The molecule has 0 amide bonds. The number of nitrogens with one attached hydrogen (secondary N) is 2. The average Bonchev–Trinajstić information content (AvgIpc) is 2.34. The number of hydrogen-bond acceptors (Lipinski definition) is 2. The highest BCUT2D eigenvalue weighted by atomic mass is 14.9. The van der Waals surface area contributed by atoms with E-state index in [1.807, 2.05) is 7.05 Å². The molecule has 1 atom stereocenters. The fourth-order valence-corrected chi connectivity index (χ4v) is 2.07. The van der Waals surface area contributed by atoms with E-state index in [1.54, 1.807) is 0 Å². The third-order valence-electron chi connectivity index (χ3n) is 3.23. The highest BCUT2D eigenvalue weighted by Crippen LogP contribution is 2.23. The number of para-hydroxylation sites is 1. The molecule has 0 saturated carbocycles. The van der Waals surface area contributed by atoms with E-state index in [9.17, 15) is 0 Å². The molecule has 96 valence electrons. The molecule has 0 radical (unpaired) electrons. The van der Waals surface area contributed by atoms with Gasteiger partial charge in [-0.15, -0.1) is 0 Å². The van der Waals surface area contributed by atoms with Crippen LogP contribution in [0, 0.1) is 5.92 Å². The van der Waals surface area contributed by atoms with Crippen molar-refractivity contribution in [3.8, 4) is 0 Å². The first-order chi connectivity index (χ1) is 8.19. The topological polar surface area (TPSA) is 24.1 Å². The summed E-state index contributed by atoms with van der Waals surface area (Å²) in [6, 6.07) is 8.62. The van der Waals surface area contributed by atoms with Crippen LogP contribution >= 0.6 is 0 Å². The predicted molar refractivity (Wildman–Crippen MR) is 76.7 cm³/mol. The van der Waals surface area contributed by atoms with E-state index >= 15 is 0 Å². The predicted octanol–water partition coefficient (Wildman–Crippen LogP) is 3.47. The summed E-state index contributed by atoms with van der Waals surface area (Å²) < 4.78 is 0. The molecule has 1 unspecified atom stereocenters. The lowest BCUT2D eigenvalue weighted by Crippen LogP contribution is -2.25. The Kier molecular flexibility index (Phi) is 6.06. The quantitative estimate of drug-likeness (QED) is 0.755. The molecule has 1 aromatic carbocycles. The summed E-state index contributed by atoms with van der Waals surface area (Å²) in [7, 11) is 2.02. The van der Waals surface area contributed by atoms with Crippen molar-refractivity contribution in [2.24, 2.45) is 5.92 Å². The Morgan fingerprint density at radius 2 is 1.82 bits per heavy atom. The van der Waals surface area contributed by atoms with E-state index in [4.69, 9.17) is 0 Å². The lowest BCUT2D eigenvalue weighted by atomic mass is 10.0. The molecule has 17 heavy (non-hydrogen) atoms. The molecular formula is C15H26N2. The molecule has 0 aromatic heterocycles. The van der Waals surface area contributed by atoms with E-state index in [0.717, 1.165) is 13.1 Å². The van der Waals surface area contributed by atoms with Crippen LogP contribution in [-0.2, 0) is 0 Å². The van der Waals surface area contributed by atoms with Crippen LogP contribution in [0.1, 0.15) is 38.7 Å². The van der Waals surface area contributed by atoms with E-state index < -0.39 is 0 Å². The fraction of sp³-hybridized carbons (Fsp3) is 0.600. The second-order valence-electron chi connectivity index (χ2n) is 4.95. The standard InChI is InChI=1S/C15H26N2/c1-5-13(10-16-4)11-17-15-9-7-6-8-14(15)12(2)3/h6-9,12-13,16-17H,5,10-11H2,1-4H3. The maximum Gasteiger partial charge on any atom is 0.0375 e. The van der Waals surface area contributed by atoms with E-state index in [2.05, 4.69) is 55.7 Å². The van der Waals surface area contributed by atoms with E-state index in [1.165, 1.54) is 17.7 Å². The van der Waals surface area contributed by atoms with Gasteiger partial charge in [-0.3, -0.25) is 0 Å². The molecule has 0 bridgehead atoms. The third kappa shape index (κ3) is 4.39. The summed E-state index contributed by atoms with van der Waals surface area (Å²) in [6.45, 7) is 8.85. The van der Waals surface area contributed by atoms with Crippen LogP contribution in [0.4, 0.5) is 5.69 Å². The van der Waals surface area contributed by atoms with Gasteiger partial charge in [0.1, 0.15) is 0 Å². The summed E-state index contributed by atoms with van der Waals surface area (Å²) in [4.78, 5) is 0. The van der Waals surface area contributed by atoms with Crippen molar-refractivity contribution >= 4 is 5.69 Å². The van der Waals surface area contributed by atoms with Crippen LogP contribution in [0.15, 0.2) is 24.3 Å². The van der Waals surface area contributed by atoms with Gasteiger partial charge in [0.05, 0.1) is 0 Å². The summed E-state index contributed by atoms with van der Waals surface area (Å²) >= 11 is 0. The van der Waals surface area contributed by atoms with Gasteiger partial charge in [0.25, 0.3) is 0 Å². The van der Waals surface area contributed by atoms with Crippen molar-refractivity contribution in [1.29, 1.82) is 0 Å². The Hall–Kier alpha value is -1.02. The number of rotatable bonds is 7. The maximum atomic E-state index is 3.59. The highest BCUT2D eigenvalue weighted by Gasteiger charge is 2.08. The van der Waals surface area contributed by atoms with Gasteiger partial charge in [-0.2, -0.15) is 0 Å². The molecule has 0 heterocycles. The van der Waals surface area contributed by atoms with Gasteiger partial charge in [-0.25, -0.2) is 0 Å². The second-order valence-corrected chi connectivity index (χ2v) is 4.95. The van der Waals surface area contributed by atoms with Crippen LogP contribution in [0.5, 0.6) is 0 Å². The molecule has 0 spiro atoms. The van der Waals surface area contributed by atoms with Gasteiger partial charge in [0.2, 0.25) is 0 Å². The Morgan fingerprint density at radius 3 is 2.41 bits per heavy atom. The maximum absolute atomic E-state index is 3.59. The number of anilines is 1. The third-order valence-corrected chi connectivity index (χ3v) is 3.23. The molecule has 1 rings (SSSR count). The Balaban J connectivity index is 2.61. The van der Waals surface area contributed by atoms with Crippen molar-refractivity contribution in [1.82, 2.24) is 5.32 Å². The highest BCUT2D eigenvalue weighted by molar-refractivity contribution is 5.52. The summed E-state index contributed by atoms with van der Waals surface area (Å²) in [5.41, 5.74) is 2.70. The van der Waals surface area contributed by atoms with Crippen LogP contribution in [0.2, 0.25) is 0 Å². The number of benzene rings is 1. The van der Waals surface area contributed by atoms with Crippen molar-refractivity contribution in [3.63, 3.8) is 0 Å². The van der Waals surface area contributed by atoms with Crippen LogP contribution in [-0.4, -0.2) is 20.1 Å². The van der Waals surface area contributed by atoms with Crippen LogP contribution < -0.4 is 10.6 Å². The molecule has 0 aliphatic carbocycles. The van der Waals surface area contributed by atoms with Gasteiger partial charge in [0, 0.05) is 12.2 Å². The zero-order valence-corrected chi connectivity index (χ0v) is 11.6. The summed E-state index contributed by atoms with van der Waals surface area (Å²) in [6.07, 6.45) is 1.21. The number of hydrogen-bond donors (Lipinski definition) is 2. The van der Waals surface area contributed by atoms with Gasteiger partial charge in [-0.1, -0.05) is 45.4 Å². The van der Waals surface area contributed by atoms with Gasteiger partial charge >= 0.3 is 0 Å².